The first-order valence-corrected chi connectivity index (χ1v) is 4.57. The Morgan fingerprint density at radius 1 is 1.62 bits per heavy atom. The summed E-state index contributed by atoms with van der Waals surface area (Å²) in [5, 5.41) is 11.6. The highest BCUT2D eigenvalue weighted by atomic mass is 32.1. The van der Waals surface area contributed by atoms with Gasteiger partial charge in [-0.05, 0) is 18.6 Å². The number of pyridine rings is 1. The molecule has 66 valence electrons. The Bertz CT molecular complexity index is 475. The molecule has 0 atom stereocenters. The lowest BCUT2D eigenvalue weighted by molar-refractivity contribution is -0.254. The van der Waals surface area contributed by atoms with Crippen molar-refractivity contribution < 1.29 is 9.90 Å². The third-order valence-corrected chi connectivity index (χ3v) is 3.10. The summed E-state index contributed by atoms with van der Waals surface area (Å²) in [4.78, 5) is 15.8. The minimum absolute atomic E-state index is 0.272. The van der Waals surface area contributed by atoms with E-state index in [1.807, 2.05) is 6.07 Å². The summed E-state index contributed by atoms with van der Waals surface area (Å²) >= 11 is 1.16. The van der Waals surface area contributed by atoms with Crippen molar-refractivity contribution >= 4 is 27.5 Å². The molecule has 0 saturated heterocycles. The molecular weight excluding hydrogens is 186 g/mol. The van der Waals surface area contributed by atoms with Gasteiger partial charge in [-0.25, -0.2) is 4.98 Å². The number of thiophene rings is 1. The molecule has 0 amide bonds. The van der Waals surface area contributed by atoms with Gasteiger partial charge in [0.25, 0.3) is 0 Å². The molecule has 0 bridgehead atoms. The van der Waals surface area contributed by atoms with Gasteiger partial charge < -0.3 is 9.90 Å². The van der Waals surface area contributed by atoms with Crippen LogP contribution in [0.5, 0.6) is 0 Å². The van der Waals surface area contributed by atoms with Crippen molar-refractivity contribution in [2.24, 2.45) is 0 Å². The standard InChI is InChI=1S/C9H7NO2S/c1-5-6-3-2-4-10-8(6)13-7(5)9(11)12/h2-4H,1H3,(H,11,12)/p-1. The van der Waals surface area contributed by atoms with Crippen molar-refractivity contribution in [3.8, 4) is 0 Å². The summed E-state index contributed by atoms with van der Waals surface area (Å²) in [7, 11) is 0. The second-order valence-electron chi connectivity index (χ2n) is 2.70. The van der Waals surface area contributed by atoms with Crippen molar-refractivity contribution in [1.82, 2.24) is 4.98 Å². The van der Waals surface area contributed by atoms with Gasteiger partial charge in [-0.1, -0.05) is 6.07 Å². The summed E-state index contributed by atoms with van der Waals surface area (Å²) in [5.74, 6) is -1.12. The molecule has 0 aliphatic rings. The van der Waals surface area contributed by atoms with E-state index in [9.17, 15) is 9.90 Å². The number of carbonyl (C=O) groups is 1. The quantitative estimate of drug-likeness (QED) is 0.676. The predicted octanol–water partition coefficient (Wildman–Crippen LogP) is 0.968. The highest BCUT2D eigenvalue weighted by molar-refractivity contribution is 7.20. The van der Waals surface area contributed by atoms with Crippen LogP contribution in [0.3, 0.4) is 0 Å². The Balaban J connectivity index is 2.81. The molecule has 2 aromatic rings. The Kier molecular flexibility index (Phi) is 1.77. The number of nitrogens with zero attached hydrogens (tertiary/aromatic N) is 1. The lowest BCUT2D eigenvalue weighted by Crippen LogP contribution is -2.21. The Morgan fingerprint density at radius 3 is 3.00 bits per heavy atom. The maximum absolute atomic E-state index is 10.7. The van der Waals surface area contributed by atoms with E-state index in [1.165, 1.54) is 0 Å². The van der Waals surface area contributed by atoms with Crippen molar-refractivity contribution in [2.75, 3.05) is 0 Å². The van der Waals surface area contributed by atoms with Gasteiger partial charge in [-0.15, -0.1) is 11.3 Å². The topological polar surface area (TPSA) is 53.0 Å². The number of aromatic nitrogens is 1. The number of fused-ring (bicyclic) bond motifs is 1. The van der Waals surface area contributed by atoms with Gasteiger partial charge in [0.05, 0.1) is 10.8 Å². The molecule has 0 aromatic carbocycles. The zero-order valence-electron chi connectivity index (χ0n) is 6.90. The molecule has 0 aliphatic carbocycles. The predicted molar refractivity (Wildman–Crippen MR) is 48.7 cm³/mol. The lowest BCUT2D eigenvalue weighted by Gasteiger charge is -1.97. The van der Waals surface area contributed by atoms with Gasteiger partial charge >= 0.3 is 0 Å². The highest BCUT2D eigenvalue weighted by Crippen LogP contribution is 2.27. The summed E-state index contributed by atoms with van der Waals surface area (Å²) < 4.78 is 0. The molecule has 2 rings (SSSR count). The number of hydrogen-bond acceptors (Lipinski definition) is 4. The zero-order valence-corrected chi connectivity index (χ0v) is 7.72. The van der Waals surface area contributed by atoms with Gasteiger partial charge in [0.15, 0.2) is 0 Å². The molecule has 0 aliphatic heterocycles. The summed E-state index contributed by atoms with van der Waals surface area (Å²) in [6.07, 6.45) is 1.65. The number of rotatable bonds is 1. The van der Waals surface area contributed by atoms with E-state index >= 15 is 0 Å². The number of carbonyl (C=O) groups excluding carboxylic acids is 1. The van der Waals surface area contributed by atoms with Crippen LogP contribution in [0.4, 0.5) is 0 Å². The van der Waals surface area contributed by atoms with Crippen LogP contribution >= 0.6 is 11.3 Å². The van der Waals surface area contributed by atoms with Crippen LogP contribution < -0.4 is 5.11 Å². The van der Waals surface area contributed by atoms with Gasteiger partial charge in [0, 0.05) is 11.6 Å². The van der Waals surface area contributed by atoms with E-state index in [0.717, 1.165) is 27.1 Å². The maximum Gasteiger partial charge on any atom is 0.124 e. The Morgan fingerprint density at radius 2 is 2.38 bits per heavy atom. The van der Waals surface area contributed by atoms with Gasteiger partial charge in [0.2, 0.25) is 0 Å². The summed E-state index contributed by atoms with van der Waals surface area (Å²) in [5.41, 5.74) is 0.744. The average Bonchev–Trinajstić information content (AvgIpc) is 2.45. The second kappa shape index (κ2) is 2.81. The van der Waals surface area contributed by atoms with Crippen LogP contribution in [0.15, 0.2) is 18.3 Å². The molecule has 2 aromatic heterocycles. The third-order valence-electron chi connectivity index (χ3n) is 1.90. The van der Waals surface area contributed by atoms with Crippen molar-refractivity contribution in [2.45, 2.75) is 6.92 Å². The van der Waals surface area contributed by atoms with Gasteiger partial charge in [-0.2, -0.15) is 0 Å². The van der Waals surface area contributed by atoms with E-state index in [-0.39, 0.29) is 4.88 Å². The second-order valence-corrected chi connectivity index (χ2v) is 3.70. The monoisotopic (exact) mass is 192 g/mol. The van der Waals surface area contributed by atoms with E-state index in [0.29, 0.717) is 0 Å². The van der Waals surface area contributed by atoms with Crippen LogP contribution in [0.2, 0.25) is 0 Å². The Labute approximate surface area is 78.7 Å². The number of hydrogen-bond donors (Lipinski definition) is 0. The van der Waals surface area contributed by atoms with Crippen molar-refractivity contribution in [1.29, 1.82) is 0 Å². The molecule has 0 saturated carbocycles. The van der Waals surface area contributed by atoms with Crippen LogP contribution in [0, 0.1) is 6.92 Å². The maximum atomic E-state index is 10.7. The normalized spacial score (nSPS) is 10.5. The molecular formula is C9H6NO2S-. The van der Waals surface area contributed by atoms with Crippen molar-refractivity contribution in [3.05, 3.63) is 28.8 Å². The van der Waals surface area contributed by atoms with Crippen LogP contribution in [-0.2, 0) is 0 Å². The fourth-order valence-electron chi connectivity index (χ4n) is 1.25. The largest absolute Gasteiger partial charge is 0.544 e. The molecule has 0 radical (unpaired) electrons. The third kappa shape index (κ3) is 1.19. The SMILES string of the molecule is Cc1c(C(=O)[O-])sc2ncccc12. The number of carboxylic acid groups (broad SMARTS) is 1. The Hall–Kier alpha value is -1.42. The minimum atomic E-state index is -1.12. The van der Waals surface area contributed by atoms with Gasteiger partial charge in [0.1, 0.15) is 4.83 Å². The fourth-order valence-corrected chi connectivity index (χ4v) is 2.23. The average molecular weight is 192 g/mol. The summed E-state index contributed by atoms with van der Waals surface area (Å²) in [6.45, 7) is 1.77. The number of aryl methyl sites for hydroxylation is 1. The highest BCUT2D eigenvalue weighted by Gasteiger charge is 2.08. The molecule has 3 nitrogen and oxygen atoms in total. The molecule has 0 unspecified atom stereocenters. The first kappa shape index (κ1) is 8.19. The van der Waals surface area contributed by atoms with E-state index in [1.54, 1.807) is 19.2 Å². The first-order valence-electron chi connectivity index (χ1n) is 3.75. The van der Waals surface area contributed by atoms with Crippen LogP contribution in [-0.4, -0.2) is 11.0 Å². The van der Waals surface area contributed by atoms with Crippen LogP contribution in [0.1, 0.15) is 15.2 Å². The molecule has 4 heteroatoms. The van der Waals surface area contributed by atoms with Crippen molar-refractivity contribution in [3.63, 3.8) is 0 Å². The smallest absolute Gasteiger partial charge is 0.124 e. The number of aromatic carboxylic acids is 1. The van der Waals surface area contributed by atoms with Crippen LogP contribution in [0.25, 0.3) is 10.2 Å². The summed E-state index contributed by atoms with van der Waals surface area (Å²) in [6, 6.07) is 3.65. The molecule has 13 heavy (non-hydrogen) atoms. The fraction of sp³-hybridized carbons (Fsp3) is 0.111. The van der Waals surface area contributed by atoms with E-state index in [4.69, 9.17) is 0 Å². The molecule has 0 spiro atoms. The zero-order chi connectivity index (χ0) is 9.42. The molecule has 2 heterocycles. The molecule has 0 N–H and O–H groups in total. The minimum Gasteiger partial charge on any atom is -0.544 e. The number of carboxylic acids is 1. The van der Waals surface area contributed by atoms with Gasteiger partial charge in [-0.3, -0.25) is 0 Å². The lowest BCUT2D eigenvalue weighted by atomic mass is 10.2. The van der Waals surface area contributed by atoms with E-state index < -0.39 is 5.97 Å². The van der Waals surface area contributed by atoms with E-state index in [2.05, 4.69) is 4.98 Å². The molecule has 0 fully saturated rings. The first-order chi connectivity index (χ1) is 6.20.